The third-order valence-corrected chi connectivity index (χ3v) is 3.04. The van der Waals surface area contributed by atoms with Gasteiger partial charge in [-0.25, -0.2) is 0 Å². The van der Waals surface area contributed by atoms with Crippen molar-refractivity contribution in [1.82, 2.24) is 5.32 Å². The van der Waals surface area contributed by atoms with Crippen LogP contribution in [0.3, 0.4) is 0 Å². The van der Waals surface area contributed by atoms with Crippen LogP contribution in [0.5, 0.6) is 0 Å². The Labute approximate surface area is 81.7 Å². The lowest BCUT2D eigenvalue weighted by molar-refractivity contribution is 0.0799. The summed E-state index contributed by atoms with van der Waals surface area (Å²) in [6, 6.07) is 1.07. The second kappa shape index (κ2) is 4.97. The summed E-state index contributed by atoms with van der Waals surface area (Å²) in [5.74, 6) is 0.769. The van der Waals surface area contributed by atoms with E-state index in [-0.39, 0.29) is 6.10 Å². The van der Waals surface area contributed by atoms with E-state index in [1.807, 2.05) is 0 Å². The summed E-state index contributed by atoms with van der Waals surface area (Å²) in [6.07, 6.45) is 4.28. The molecule has 0 saturated heterocycles. The van der Waals surface area contributed by atoms with E-state index in [1.54, 1.807) is 0 Å². The fourth-order valence-electron chi connectivity index (χ4n) is 2.33. The zero-order valence-corrected chi connectivity index (χ0v) is 9.09. The normalized spacial score (nSPS) is 35.3. The highest BCUT2D eigenvalue weighted by Crippen LogP contribution is 2.27. The summed E-state index contributed by atoms with van der Waals surface area (Å²) in [4.78, 5) is 0. The van der Waals surface area contributed by atoms with E-state index in [0.717, 1.165) is 18.8 Å². The molecule has 2 N–H and O–H groups in total. The van der Waals surface area contributed by atoms with Crippen molar-refractivity contribution < 1.29 is 5.11 Å². The van der Waals surface area contributed by atoms with Gasteiger partial charge in [0.15, 0.2) is 0 Å². The van der Waals surface area contributed by atoms with Gasteiger partial charge in [-0.05, 0) is 25.2 Å². The van der Waals surface area contributed by atoms with Crippen LogP contribution in [-0.4, -0.2) is 23.3 Å². The average molecular weight is 185 g/mol. The molecule has 0 aromatic rings. The van der Waals surface area contributed by atoms with Crippen molar-refractivity contribution in [3.8, 4) is 0 Å². The molecule has 0 aliphatic heterocycles. The fourth-order valence-corrected chi connectivity index (χ4v) is 2.33. The van der Waals surface area contributed by atoms with Crippen molar-refractivity contribution in [2.45, 2.75) is 64.6 Å². The number of nitrogens with one attached hydrogen (secondary N) is 1. The van der Waals surface area contributed by atoms with Gasteiger partial charge in [0.25, 0.3) is 0 Å². The summed E-state index contributed by atoms with van der Waals surface area (Å²) in [5.41, 5.74) is 0. The number of aliphatic hydroxyl groups is 1. The summed E-state index contributed by atoms with van der Waals surface area (Å²) in [6.45, 7) is 6.60. The summed E-state index contributed by atoms with van der Waals surface area (Å²) in [7, 11) is 0. The van der Waals surface area contributed by atoms with Crippen LogP contribution in [0.1, 0.15) is 46.5 Å². The van der Waals surface area contributed by atoms with Gasteiger partial charge in [-0.15, -0.1) is 0 Å². The molecule has 1 aliphatic rings. The van der Waals surface area contributed by atoms with Crippen molar-refractivity contribution in [2.75, 3.05) is 0 Å². The Kier molecular flexibility index (Phi) is 4.20. The fraction of sp³-hybridized carbons (Fsp3) is 1.00. The predicted octanol–water partition coefficient (Wildman–Crippen LogP) is 1.92. The molecule has 2 heteroatoms. The molecule has 13 heavy (non-hydrogen) atoms. The number of rotatable bonds is 3. The largest absolute Gasteiger partial charge is 0.393 e. The Morgan fingerprint density at radius 2 is 2.08 bits per heavy atom. The predicted molar refractivity (Wildman–Crippen MR) is 55.7 cm³/mol. The van der Waals surface area contributed by atoms with Crippen LogP contribution in [0, 0.1) is 5.92 Å². The lowest BCUT2D eigenvalue weighted by Gasteiger charge is -2.35. The molecule has 0 aromatic heterocycles. The first kappa shape index (κ1) is 11.0. The Morgan fingerprint density at radius 3 is 2.62 bits per heavy atom. The summed E-state index contributed by atoms with van der Waals surface area (Å²) in [5, 5.41) is 13.1. The average Bonchev–Trinajstić information content (AvgIpc) is 2.03. The van der Waals surface area contributed by atoms with Gasteiger partial charge < -0.3 is 10.4 Å². The minimum absolute atomic E-state index is 0.0703. The molecule has 0 radical (unpaired) electrons. The van der Waals surface area contributed by atoms with Crippen molar-refractivity contribution in [1.29, 1.82) is 0 Å². The van der Waals surface area contributed by atoms with Gasteiger partial charge in [0.1, 0.15) is 0 Å². The highest BCUT2D eigenvalue weighted by molar-refractivity contribution is 4.85. The van der Waals surface area contributed by atoms with Crippen LogP contribution in [-0.2, 0) is 0 Å². The molecule has 1 rings (SSSR count). The SMILES string of the molecule is CCC1CCC(O)CC1NC(C)C. The van der Waals surface area contributed by atoms with Crippen LogP contribution in [0.15, 0.2) is 0 Å². The summed E-state index contributed by atoms with van der Waals surface area (Å²) >= 11 is 0. The van der Waals surface area contributed by atoms with Gasteiger partial charge in [0.05, 0.1) is 6.10 Å². The molecule has 0 heterocycles. The first-order valence-electron chi connectivity index (χ1n) is 5.57. The maximum atomic E-state index is 9.57. The molecule has 78 valence electrons. The van der Waals surface area contributed by atoms with Crippen LogP contribution in [0.2, 0.25) is 0 Å². The van der Waals surface area contributed by atoms with Gasteiger partial charge in [0.2, 0.25) is 0 Å². The van der Waals surface area contributed by atoms with Crippen molar-refractivity contribution in [2.24, 2.45) is 5.92 Å². The van der Waals surface area contributed by atoms with E-state index < -0.39 is 0 Å². The zero-order chi connectivity index (χ0) is 9.84. The molecule has 1 fully saturated rings. The summed E-state index contributed by atoms with van der Waals surface area (Å²) < 4.78 is 0. The Morgan fingerprint density at radius 1 is 1.38 bits per heavy atom. The minimum Gasteiger partial charge on any atom is -0.393 e. The van der Waals surface area contributed by atoms with Gasteiger partial charge >= 0.3 is 0 Å². The van der Waals surface area contributed by atoms with E-state index >= 15 is 0 Å². The highest BCUT2D eigenvalue weighted by atomic mass is 16.3. The number of hydrogen-bond acceptors (Lipinski definition) is 2. The van der Waals surface area contributed by atoms with Crippen LogP contribution < -0.4 is 5.32 Å². The molecule has 0 bridgehead atoms. The second-order valence-electron chi connectivity index (χ2n) is 4.56. The molecule has 0 amide bonds. The standard InChI is InChI=1S/C11H23NO/c1-4-9-5-6-10(13)7-11(9)12-8(2)3/h8-13H,4-7H2,1-3H3. The smallest absolute Gasteiger partial charge is 0.0555 e. The molecule has 3 unspecified atom stereocenters. The Hall–Kier alpha value is -0.0800. The van der Waals surface area contributed by atoms with Crippen molar-refractivity contribution in [3.05, 3.63) is 0 Å². The first-order chi connectivity index (χ1) is 6.13. The van der Waals surface area contributed by atoms with Crippen molar-refractivity contribution >= 4 is 0 Å². The maximum absolute atomic E-state index is 9.57. The molecule has 2 nitrogen and oxygen atoms in total. The third-order valence-electron chi connectivity index (χ3n) is 3.04. The van der Waals surface area contributed by atoms with E-state index in [2.05, 4.69) is 26.1 Å². The van der Waals surface area contributed by atoms with Crippen molar-refractivity contribution in [3.63, 3.8) is 0 Å². The first-order valence-corrected chi connectivity index (χ1v) is 5.57. The topological polar surface area (TPSA) is 32.3 Å². The minimum atomic E-state index is -0.0703. The second-order valence-corrected chi connectivity index (χ2v) is 4.56. The molecule has 0 spiro atoms. The Bertz CT molecular complexity index is 145. The molecule has 1 aliphatic carbocycles. The van der Waals surface area contributed by atoms with Gasteiger partial charge in [-0.3, -0.25) is 0 Å². The molecular formula is C11H23NO. The van der Waals surface area contributed by atoms with Crippen LogP contribution in [0.4, 0.5) is 0 Å². The lowest BCUT2D eigenvalue weighted by atomic mass is 9.81. The van der Waals surface area contributed by atoms with E-state index in [9.17, 15) is 5.11 Å². The van der Waals surface area contributed by atoms with Gasteiger partial charge in [-0.2, -0.15) is 0 Å². The zero-order valence-electron chi connectivity index (χ0n) is 9.09. The molecule has 0 aromatic carbocycles. The van der Waals surface area contributed by atoms with Gasteiger partial charge in [-0.1, -0.05) is 27.2 Å². The lowest BCUT2D eigenvalue weighted by Crippen LogP contribution is -2.45. The van der Waals surface area contributed by atoms with E-state index in [1.165, 1.54) is 12.8 Å². The third kappa shape index (κ3) is 3.28. The maximum Gasteiger partial charge on any atom is 0.0555 e. The highest BCUT2D eigenvalue weighted by Gasteiger charge is 2.28. The number of hydrogen-bond donors (Lipinski definition) is 2. The molecular weight excluding hydrogens is 162 g/mol. The monoisotopic (exact) mass is 185 g/mol. The van der Waals surface area contributed by atoms with E-state index in [4.69, 9.17) is 0 Å². The molecule has 3 atom stereocenters. The quantitative estimate of drug-likeness (QED) is 0.704. The molecule has 1 saturated carbocycles. The Balaban J connectivity index is 2.44. The van der Waals surface area contributed by atoms with Gasteiger partial charge in [0, 0.05) is 12.1 Å². The van der Waals surface area contributed by atoms with Crippen LogP contribution in [0.25, 0.3) is 0 Å². The van der Waals surface area contributed by atoms with Crippen LogP contribution >= 0.6 is 0 Å². The number of aliphatic hydroxyl groups excluding tert-OH is 1. The van der Waals surface area contributed by atoms with E-state index in [0.29, 0.717) is 12.1 Å².